The van der Waals surface area contributed by atoms with Gasteiger partial charge in [-0.05, 0) is 51.1 Å². The first-order valence-electron chi connectivity index (χ1n) is 10.9. The minimum atomic E-state index is -0.409. The minimum Gasteiger partial charge on any atom is -0.493 e. The van der Waals surface area contributed by atoms with E-state index in [2.05, 4.69) is 15.0 Å². The van der Waals surface area contributed by atoms with Crippen molar-refractivity contribution in [3.05, 3.63) is 52.6 Å². The Bertz CT molecular complexity index is 1240. The van der Waals surface area contributed by atoms with Crippen molar-refractivity contribution in [2.75, 3.05) is 38.2 Å². The van der Waals surface area contributed by atoms with Crippen molar-refractivity contribution >= 4 is 22.5 Å². The predicted octanol–water partition coefficient (Wildman–Crippen LogP) is 2.48. The van der Waals surface area contributed by atoms with Crippen LogP contribution in [0.1, 0.15) is 31.3 Å². The van der Waals surface area contributed by atoms with Crippen molar-refractivity contribution < 1.29 is 14.3 Å². The van der Waals surface area contributed by atoms with E-state index < -0.39 is 5.60 Å². The number of methoxy groups -OCH3 is 1. The third kappa shape index (κ3) is 4.62. The molecule has 33 heavy (non-hydrogen) atoms. The van der Waals surface area contributed by atoms with E-state index in [1.807, 2.05) is 32.9 Å². The highest BCUT2D eigenvalue weighted by atomic mass is 16.5. The van der Waals surface area contributed by atoms with E-state index in [1.165, 1.54) is 4.68 Å². The summed E-state index contributed by atoms with van der Waals surface area (Å²) in [5, 5.41) is 5.27. The zero-order valence-corrected chi connectivity index (χ0v) is 19.7. The van der Waals surface area contributed by atoms with Gasteiger partial charge in [-0.25, -0.2) is 9.67 Å². The van der Waals surface area contributed by atoms with Crippen LogP contribution in [0.25, 0.3) is 10.8 Å². The van der Waals surface area contributed by atoms with Crippen LogP contribution in [0.2, 0.25) is 0 Å². The maximum Gasteiger partial charge on any atom is 0.275 e. The topological polar surface area (TPSA) is 89.8 Å². The molecule has 1 aromatic carbocycles. The summed E-state index contributed by atoms with van der Waals surface area (Å²) in [6, 6.07) is 8.88. The first-order valence-corrected chi connectivity index (χ1v) is 10.9. The van der Waals surface area contributed by atoms with Crippen LogP contribution in [0.3, 0.4) is 0 Å². The maximum absolute atomic E-state index is 13.5. The molecule has 0 atom stereocenters. The molecule has 9 nitrogen and oxygen atoms in total. The second-order valence-corrected chi connectivity index (χ2v) is 9.01. The molecular formula is C24H29N5O4. The van der Waals surface area contributed by atoms with E-state index in [4.69, 9.17) is 9.47 Å². The smallest absolute Gasteiger partial charge is 0.275 e. The molecule has 1 fully saturated rings. The van der Waals surface area contributed by atoms with Crippen molar-refractivity contribution in [3.8, 4) is 11.5 Å². The number of nitrogens with zero attached hydrogens (tertiary/aromatic N) is 5. The Hall–Kier alpha value is -3.62. The van der Waals surface area contributed by atoms with E-state index in [1.54, 1.807) is 43.5 Å². The minimum absolute atomic E-state index is 0.212. The fourth-order valence-electron chi connectivity index (χ4n) is 3.95. The monoisotopic (exact) mass is 451 g/mol. The summed E-state index contributed by atoms with van der Waals surface area (Å²) in [5.74, 6) is 1.85. The van der Waals surface area contributed by atoms with Crippen molar-refractivity contribution in [1.29, 1.82) is 0 Å². The average molecular weight is 452 g/mol. The third-order valence-corrected chi connectivity index (χ3v) is 5.48. The van der Waals surface area contributed by atoms with Gasteiger partial charge in [0.15, 0.2) is 17.3 Å². The van der Waals surface area contributed by atoms with Crippen LogP contribution >= 0.6 is 0 Å². The second-order valence-electron chi connectivity index (χ2n) is 9.01. The second kappa shape index (κ2) is 8.73. The molecule has 174 valence electrons. The van der Waals surface area contributed by atoms with Crippen LogP contribution in [0.4, 0.5) is 5.82 Å². The van der Waals surface area contributed by atoms with Gasteiger partial charge in [0.05, 0.1) is 12.5 Å². The Morgan fingerprint density at radius 3 is 2.45 bits per heavy atom. The molecule has 0 bridgehead atoms. The molecule has 1 aliphatic rings. The lowest BCUT2D eigenvalue weighted by molar-refractivity contribution is 0.0740. The van der Waals surface area contributed by atoms with Crippen LogP contribution < -0.4 is 19.9 Å². The normalized spacial score (nSPS) is 14.5. The van der Waals surface area contributed by atoms with Gasteiger partial charge in [-0.3, -0.25) is 9.59 Å². The molecule has 1 aliphatic heterocycles. The van der Waals surface area contributed by atoms with E-state index in [-0.39, 0.29) is 17.2 Å². The van der Waals surface area contributed by atoms with Crippen molar-refractivity contribution in [3.63, 3.8) is 0 Å². The number of hydrogen-bond acceptors (Lipinski definition) is 7. The first-order chi connectivity index (χ1) is 15.7. The number of amides is 1. The molecule has 0 unspecified atom stereocenters. The number of piperazine rings is 1. The number of fused-ring (bicyclic) bond motifs is 1. The zero-order valence-electron chi connectivity index (χ0n) is 19.7. The molecule has 1 amide bonds. The summed E-state index contributed by atoms with van der Waals surface area (Å²) in [6.07, 6.45) is 1.73. The number of rotatable bonds is 4. The summed E-state index contributed by atoms with van der Waals surface area (Å²) >= 11 is 0. The van der Waals surface area contributed by atoms with Crippen LogP contribution in [0.5, 0.6) is 11.5 Å². The number of anilines is 1. The highest BCUT2D eigenvalue weighted by Gasteiger charge is 2.27. The van der Waals surface area contributed by atoms with Crippen molar-refractivity contribution in [2.24, 2.45) is 7.05 Å². The summed E-state index contributed by atoms with van der Waals surface area (Å²) in [5.41, 5.74) is -0.417. The highest BCUT2D eigenvalue weighted by molar-refractivity contribution is 6.05. The van der Waals surface area contributed by atoms with Gasteiger partial charge in [-0.1, -0.05) is 0 Å². The summed E-state index contributed by atoms with van der Waals surface area (Å²) in [7, 11) is 3.18. The van der Waals surface area contributed by atoms with Crippen LogP contribution in [-0.2, 0) is 7.05 Å². The Balaban J connectivity index is 1.62. The molecule has 4 rings (SSSR count). The van der Waals surface area contributed by atoms with Gasteiger partial charge in [0.1, 0.15) is 11.4 Å². The van der Waals surface area contributed by atoms with Gasteiger partial charge in [0.2, 0.25) is 0 Å². The molecule has 3 heterocycles. The number of pyridine rings is 1. The van der Waals surface area contributed by atoms with Gasteiger partial charge in [0, 0.05) is 44.8 Å². The largest absolute Gasteiger partial charge is 0.493 e. The molecule has 0 saturated carbocycles. The number of hydrogen-bond donors (Lipinski definition) is 0. The van der Waals surface area contributed by atoms with E-state index in [9.17, 15) is 9.59 Å². The number of carbonyl (C=O) groups is 1. The molecule has 0 N–H and O–H groups in total. The predicted molar refractivity (Wildman–Crippen MR) is 126 cm³/mol. The molecule has 0 radical (unpaired) electrons. The van der Waals surface area contributed by atoms with Gasteiger partial charge in [-0.2, -0.15) is 5.10 Å². The van der Waals surface area contributed by atoms with Gasteiger partial charge >= 0.3 is 0 Å². The molecule has 0 spiro atoms. The number of carbonyl (C=O) groups excluding carboxylic acids is 1. The van der Waals surface area contributed by atoms with Crippen molar-refractivity contribution in [1.82, 2.24) is 19.7 Å². The number of benzene rings is 1. The Kier molecular flexibility index (Phi) is 5.97. The van der Waals surface area contributed by atoms with E-state index in [0.717, 1.165) is 5.82 Å². The molecule has 2 aromatic heterocycles. The molecule has 1 saturated heterocycles. The highest BCUT2D eigenvalue weighted by Crippen LogP contribution is 2.27. The SMILES string of the molecule is COc1cccnc1N1CCN(C(=O)c2nn(C)c(=O)c3ccc(OC(C)(C)C)cc23)CC1. The summed E-state index contributed by atoms with van der Waals surface area (Å²) in [6.45, 7) is 8.07. The fraction of sp³-hybridized carbons (Fsp3) is 0.417. The fourth-order valence-corrected chi connectivity index (χ4v) is 3.95. The number of aryl methyl sites for hydroxylation is 1. The molecule has 3 aromatic rings. The third-order valence-electron chi connectivity index (χ3n) is 5.48. The summed E-state index contributed by atoms with van der Waals surface area (Å²) < 4.78 is 12.6. The maximum atomic E-state index is 13.5. The zero-order chi connectivity index (χ0) is 23.8. The lowest BCUT2D eigenvalue weighted by Crippen LogP contribution is -2.49. The number of ether oxygens (including phenoxy) is 2. The standard InChI is InChI=1S/C24H29N5O4/c1-24(2,3)33-16-8-9-17-18(15-16)20(26-27(4)22(17)30)23(31)29-13-11-28(12-14-29)21-19(32-5)7-6-10-25-21/h6-10,15H,11-14H2,1-5H3. The lowest BCUT2D eigenvalue weighted by Gasteiger charge is -2.35. The Morgan fingerprint density at radius 1 is 1.06 bits per heavy atom. The Labute approximate surface area is 192 Å². The summed E-state index contributed by atoms with van der Waals surface area (Å²) in [4.78, 5) is 34.4. The van der Waals surface area contributed by atoms with Crippen molar-refractivity contribution in [2.45, 2.75) is 26.4 Å². The molecule has 9 heteroatoms. The van der Waals surface area contributed by atoms with Crippen LogP contribution in [0.15, 0.2) is 41.3 Å². The quantitative estimate of drug-likeness (QED) is 0.602. The van der Waals surface area contributed by atoms with Gasteiger partial charge < -0.3 is 19.3 Å². The van der Waals surface area contributed by atoms with E-state index >= 15 is 0 Å². The number of aromatic nitrogens is 3. The molecule has 0 aliphatic carbocycles. The van der Waals surface area contributed by atoms with Gasteiger partial charge in [-0.15, -0.1) is 0 Å². The first kappa shape index (κ1) is 22.6. The lowest BCUT2D eigenvalue weighted by atomic mass is 10.1. The van der Waals surface area contributed by atoms with Gasteiger partial charge in [0.25, 0.3) is 11.5 Å². The Morgan fingerprint density at radius 2 is 1.79 bits per heavy atom. The van der Waals surface area contributed by atoms with E-state index in [0.29, 0.717) is 48.5 Å². The van der Waals surface area contributed by atoms with Crippen LogP contribution in [0, 0.1) is 0 Å². The molecular weight excluding hydrogens is 422 g/mol. The van der Waals surface area contributed by atoms with Crippen LogP contribution in [-0.4, -0.2) is 64.5 Å². The average Bonchev–Trinajstić information content (AvgIpc) is 2.80.